The molecule has 0 spiro atoms. The Balaban J connectivity index is 1.65. The van der Waals surface area contributed by atoms with Crippen molar-refractivity contribution >= 4 is 11.8 Å². The summed E-state index contributed by atoms with van der Waals surface area (Å²) in [7, 11) is 1.80. The Hall–Kier alpha value is -2.62. The molecule has 0 heterocycles. The van der Waals surface area contributed by atoms with Crippen molar-refractivity contribution in [1.82, 2.24) is 10.2 Å². The lowest BCUT2D eigenvalue weighted by Crippen LogP contribution is -2.27. The third-order valence-corrected chi connectivity index (χ3v) is 4.73. The molecule has 130 valence electrons. The number of hydrogen-bond acceptors (Lipinski definition) is 2. The third kappa shape index (κ3) is 4.08. The van der Waals surface area contributed by atoms with Gasteiger partial charge in [-0.05, 0) is 61.6 Å². The highest BCUT2D eigenvalue weighted by molar-refractivity contribution is 5.96. The molecule has 0 aliphatic heterocycles. The van der Waals surface area contributed by atoms with E-state index in [0.29, 0.717) is 18.2 Å². The molecule has 0 radical (unpaired) electrons. The summed E-state index contributed by atoms with van der Waals surface area (Å²) in [5, 5.41) is 2.98. The quantitative estimate of drug-likeness (QED) is 0.909. The van der Waals surface area contributed by atoms with Crippen molar-refractivity contribution in [3.63, 3.8) is 0 Å². The number of nitrogens with zero attached hydrogens (tertiary/aromatic N) is 1. The van der Waals surface area contributed by atoms with Gasteiger partial charge in [-0.25, -0.2) is 0 Å². The van der Waals surface area contributed by atoms with Crippen molar-refractivity contribution in [3.8, 4) is 0 Å². The van der Waals surface area contributed by atoms with Gasteiger partial charge in [-0.2, -0.15) is 0 Å². The minimum absolute atomic E-state index is 0.0109. The highest BCUT2D eigenvalue weighted by Gasteiger charge is 2.23. The zero-order valence-electron chi connectivity index (χ0n) is 15.0. The Kier molecular flexibility index (Phi) is 4.88. The number of nitrogens with one attached hydrogen (secondary N) is 1. The average molecular weight is 336 g/mol. The minimum atomic E-state index is -0.0196. The molecule has 0 unspecified atom stereocenters. The van der Waals surface area contributed by atoms with Crippen molar-refractivity contribution < 1.29 is 9.59 Å². The number of benzene rings is 2. The molecule has 0 bridgehead atoms. The van der Waals surface area contributed by atoms with Gasteiger partial charge in [-0.1, -0.05) is 24.3 Å². The first-order valence-electron chi connectivity index (χ1n) is 8.67. The molecule has 0 saturated heterocycles. The molecule has 2 aromatic rings. The zero-order chi connectivity index (χ0) is 18.0. The van der Waals surface area contributed by atoms with Gasteiger partial charge in [0.15, 0.2) is 0 Å². The first kappa shape index (κ1) is 17.2. The first-order chi connectivity index (χ1) is 12.0. The van der Waals surface area contributed by atoms with Crippen LogP contribution in [-0.2, 0) is 6.54 Å². The molecule has 2 aromatic carbocycles. The highest BCUT2D eigenvalue weighted by atomic mass is 16.2. The SMILES string of the molecule is Cc1cccc(C(=O)N(C)Cc2ccc(C(=O)NC3CC3)cc2)c1C. The van der Waals surface area contributed by atoms with Crippen molar-refractivity contribution in [1.29, 1.82) is 0 Å². The van der Waals surface area contributed by atoms with Gasteiger partial charge in [0.25, 0.3) is 11.8 Å². The lowest BCUT2D eigenvalue weighted by atomic mass is 10.0. The van der Waals surface area contributed by atoms with Crippen LogP contribution in [0.5, 0.6) is 0 Å². The highest BCUT2D eigenvalue weighted by Crippen LogP contribution is 2.20. The molecule has 1 saturated carbocycles. The maximum absolute atomic E-state index is 12.7. The van der Waals surface area contributed by atoms with E-state index in [1.165, 1.54) is 0 Å². The smallest absolute Gasteiger partial charge is 0.254 e. The van der Waals surface area contributed by atoms with Crippen molar-refractivity contribution in [2.24, 2.45) is 0 Å². The van der Waals surface area contributed by atoms with Crippen molar-refractivity contribution in [2.75, 3.05) is 7.05 Å². The van der Waals surface area contributed by atoms with E-state index in [1.807, 2.05) is 56.3 Å². The standard InChI is InChI=1S/C21H24N2O2/c1-14-5-4-6-19(15(14)2)21(25)23(3)13-16-7-9-17(10-8-16)20(24)22-18-11-12-18/h4-10,18H,11-13H2,1-3H3,(H,22,24). The molecule has 4 nitrogen and oxygen atoms in total. The van der Waals surface area contributed by atoms with E-state index in [2.05, 4.69) is 5.32 Å². The van der Waals surface area contributed by atoms with Crippen molar-refractivity contribution in [2.45, 2.75) is 39.3 Å². The Morgan fingerprint density at radius 3 is 2.40 bits per heavy atom. The molecule has 4 heteroatoms. The maximum Gasteiger partial charge on any atom is 0.254 e. The van der Waals surface area contributed by atoms with Gasteiger partial charge in [0.05, 0.1) is 0 Å². The van der Waals surface area contributed by atoms with E-state index in [9.17, 15) is 9.59 Å². The fourth-order valence-electron chi connectivity index (χ4n) is 2.79. The Morgan fingerprint density at radius 1 is 1.08 bits per heavy atom. The van der Waals surface area contributed by atoms with Crippen LogP contribution in [0.15, 0.2) is 42.5 Å². The number of carbonyl (C=O) groups is 2. The van der Waals surface area contributed by atoms with Crippen LogP contribution >= 0.6 is 0 Å². The number of rotatable bonds is 5. The summed E-state index contributed by atoms with van der Waals surface area (Å²) in [6, 6.07) is 13.6. The van der Waals surface area contributed by atoms with E-state index in [0.717, 1.165) is 35.1 Å². The number of amides is 2. The molecule has 0 atom stereocenters. The van der Waals surface area contributed by atoms with Crippen LogP contribution in [0.25, 0.3) is 0 Å². The first-order valence-corrected chi connectivity index (χ1v) is 8.67. The Bertz CT molecular complexity index is 792. The topological polar surface area (TPSA) is 49.4 Å². The van der Waals surface area contributed by atoms with Crippen LogP contribution in [-0.4, -0.2) is 29.8 Å². The average Bonchev–Trinajstić information content (AvgIpc) is 3.41. The summed E-state index contributed by atoms with van der Waals surface area (Å²) < 4.78 is 0. The Morgan fingerprint density at radius 2 is 1.76 bits per heavy atom. The summed E-state index contributed by atoms with van der Waals surface area (Å²) in [5.74, 6) is -0.00869. The fraction of sp³-hybridized carbons (Fsp3) is 0.333. The molecular weight excluding hydrogens is 312 g/mol. The number of carbonyl (C=O) groups excluding carboxylic acids is 2. The molecule has 0 aromatic heterocycles. The molecule has 25 heavy (non-hydrogen) atoms. The summed E-state index contributed by atoms with van der Waals surface area (Å²) in [5.41, 5.74) is 4.54. The molecule has 1 aliphatic carbocycles. The fourth-order valence-corrected chi connectivity index (χ4v) is 2.79. The number of aryl methyl sites for hydroxylation is 1. The molecular formula is C21H24N2O2. The van der Waals surface area contributed by atoms with E-state index < -0.39 is 0 Å². The second-order valence-corrected chi connectivity index (χ2v) is 6.85. The van der Waals surface area contributed by atoms with E-state index in [4.69, 9.17) is 0 Å². The van der Waals surface area contributed by atoms with Crippen LogP contribution in [0.3, 0.4) is 0 Å². The van der Waals surface area contributed by atoms with E-state index in [-0.39, 0.29) is 11.8 Å². The monoisotopic (exact) mass is 336 g/mol. The summed E-state index contributed by atoms with van der Waals surface area (Å²) in [4.78, 5) is 26.4. The predicted molar refractivity (Wildman–Crippen MR) is 98.6 cm³/mol. The molecule has 1 fully saturated rings. The molecule has 3 rings (SSSR count). The normalized spacial score (nSPS) is 13.4. The third-order valence-electron chi connectivity index (χ3n) is 4.73. The van der Waals surface area contributed by atoms with Gasteiger partial charge >= 0.3 is 0 Å². The van der Waals surface area contributed by atoms with E-state index in [1.54, 1.807) is 11.9 Å². The van der Waals surface area contributed by atoms with Gasteiger partial charge in [0, 0.05) is 30.8 Å². The number of hydrogen-bond donors (Lipinski definition) is 1. The van der Waals surface area contributed by atoms with Gasteiger partial charge in [-0.3, -0.25) is 9.59 Å². The lowest BCUT2D eigenvalue weighted by Gasteiger charge is -2.19. The van der Waals surface area contributed by atoms with Gasteiger partial charge in [-0.15, -0.1) is 0 Å². The molecule has 1 aliphatic rings. The van der Waals surface area contributed by atoms with Gasteiger partial charge in [0.2, 0.25) is 0 Å². The molecule has 1 N–H and O–H groups in total. The van der Waals surface area contributed by atoms with Crippen molar-refractivity contribution in [3.05, 3.63) is 70.3 Å². The van der Waals surface area contributed by atoms with Crippen LogP contribution in [0.4, 0.5) is 0 Å². The maximum atomic E-state index is 12.7. The largest absolute Gasteiger partial charge is 0.349 e. The van der Waals surface area contributed by atoms with Crippen LogP contribution in [0.2, 0.25) is 0 Å². The van der Waals surface area contributed by atoms with Gasteiger partial charge in [0.1, 0.15) is 0 Å². The second kappa shape index (κ2) is 7.09. The van der Waals surface area contributed by atoms with Crippen LogP contribution in [0, 0.1) is 13.8 Å². The second-order valence-electron chi connectivity index (χ2n) is 6.85. The predicted octanol–water partition coefficient (Wildman–Crippen LogP) is 3.47. The summed E-state index contributed by atoms with van der Waals surface area (Å²) in [6.07, 6.45) is 2.16. The zero-order valence-corrected chi connectivity index (χ0v) is 15.0. The lowest BCUT2D eigenvalue weighted by molar-refractivity contribution is 0.0783. The molecule has 2 amide bonds. The Labute approximate surface area is 148 Å². The minimum Gasteiger partial charge on any atom is -0.349 e. The van der Waals surface area contributed by atoms with Gasteiger partial charge < -0.3 is 10.2 Å². The van der Waals surface area contributed by atoms with Crippen LogP contribution < -0.4 is 5.32 Å². The summed E-state index contributed by atoms with van der Waals surface area (Å²) in [6.45, 7) is 4.50. The summed E-state index contributed by atoms with van der Waals surface area (Å²) >= 11 is 0. The van der Waals surface area contributed by atoms with E-state index >= 15 is 0 Å². The van der Waals surface area contributed by atoms with Crippen LogP contribution in [0.1, 0.15) is 50.2 Å².